The lowest BCUT2D eigenvalue weighted by molar-refractivity contribution is -0.0605. The third-order valence-electron chi connectivity index (χ3n) is 2.40. The summed E-state index contributed by atoms with van der Waals surface area (Å²) in [6.45, 7) is 7.10. The molecule has 0 saturated carbocycles. The fraction of sp³-hybridized carbons (Fsp3) is 1.00. The topological polar surface area (TPSA) is 41.9 Å². The Hall–Kier alpha value is -0.160. The lowest BCUT2D eigenvalue weighted by Crippen LogP contribution is -2.42. The summed E-state index contributed by atoms with van der Waals surface area (Å²) in [5.74, 6) is 0. The van der Waals surface area contributed by atoms with Gasteiger partial charge in [-0.2, -0.15) is 0 Å². The maximum atomic E-state index is 9.83. The molecule has 0 saturated heterocycles. The molecule has 0 bridgehead atoms. The van der Waals surface area contributed by atoms with Crippen LogP contribution in [0.4, 0.5) is 0 Å². The van der Waals surface area contributed by atoms with Gasteiger partial charge >= 0.3 is 0 Å². The van der Waals surface area contributed by atoms with E-state index in [0.717, 1.165) is 13.1 Å². The van der Waals surface area contributed by atoms with Crippen molar-refractivity contribution in [2.45, 2.75) is 26.1 Å². The third-order valence-corrected chi connectivity index (χ3v) is 2.40. The number of likely N-dealkylation sites (N-methyl/N-ethyl adjacent to an activating group) is 1. The second-order valence-corrected chi connectivity index (χ2v) is 3.28. The Balaban J connectivity index is 3.94. The van der Waals surface area contributed by atoms with Gasteiger partial charge in [0.05, 0.1) is 12.7 Å². The number of methoxy groups -OCH3 is 2. The zero-order chi connectivity index (χ0) is 11.0. The van der Waals surface area contributed by atoms with Crippen LogP contribution in [0, 0.1) is 0 Å². The Kier molecular flexibility index (Phi) is 8.08. The van der Waals surface area contributed by atoms with Crippen molar-refractivity contribution in [3.05, 3.63) is 0 Å². The summed E-state index contributed by atoms with van der Waals surface area (Å²) in [5, 5.41) is 9.83. The fourth-order valence-corrected chi connectivity index (χ4v) is 1.36. The zero-order valence-corrected chi connectivity index (χ0v) is 9.69. The number of aliphatic hydroxyl groups is 1. The lowest BCUT2D eigenvalue weighted by Gasteiger charge is -2.26. The Morgan fingerprint density at radius 1 is 1.21 bits per heavy atom. The molecule has 0 unspecified atom stereocenters. The zero-order valence-electron chi connectivity index (χ0n) is 9.69. The maximum Gasteiger partial charge on any atom is 0.107 e. The highest BCUT2D eigenvalue weighted by molar-refractivity contribution is 4.72. The first-order valence-electron chi connectivity index (χ1n) is 5.11. The van der Waals surface area contributed by atoms with Crippen molar-refractivity contribution in [3.8, 4) is 0 Å². The van der Waals surface area contributed by atoms with Crippen molar-refractivity contribution in [2.24, 2.45) is 0 Å². The van der Waals surface area contributed by atoms with Crippen LogP contribution in [0.3, 0.4) is 0 Å². The van der Waals surface area contributed by atoms with Crippen LogP contribution in [0.15, 0.2) is 0 Å². The molecule has 0 aliphatic carbocycles. The number of aliphatic hydroxyl groups excluding tert-OH is 1. The highest BCUT2D eigenvalue weighted by atomic mass is 16.5. The molecule has 0 amide bonds. The highest BCUT2D eigenvalue weighted by Gasteiger charge is 2.20. The van der Waals surface area contributed by atoms with Crippen LogP contribution in [-0.2, 0) is 9.47 Å². The van der Waals surface area contributed by atoms with Gasteiger partial charge < -0.3 is 19.5 Å². The van der Waals surface area contributed by atoms with Crippen LogP contribution < -0.4 is 0 Å². The van der Waals surface area contributed by atoms with E-state index in [0.29, 0.717) is 13.2 Å². The maximum absolute atomic E-state index is 9.83. The van der Waals surface area contributed by atoms with Crippen molar-refractivity contribution in [2.75, 3.05) is 40.5 Å². The quantitative estimate of drug-likeness (QED) is 0.621. The standard InChI is InChI=1S/C10H23NO3/c1-5-11(6-2)7-9(12)10(14-4)8-13-3/h9-10,12H,5-8H2,1-4H3/t9-,10-/m1/s1. The predicted molar refractivity (Wildman–Crippen MR) is 56.5 cm³/mol. The van der Waals surface area contributed by atoms with E-state index in [9.17, 15) is 5.11 Å². The molecule has 0 fully saturated rings. The molecule has 0 spiro atoms. The van der Waals surface area contributed by atoms with Gasteiger partial charge in [-0.1, -0.05) is 13.8 Å². The summed E-state index contributed by atoms with van der Waals surface area (Å²) in [6, 6.07) is 0. The largest absolute Gasteiger partial charge is 0.389 e. The molecule has 4 nitrogen and oxygen atoms in total. The number of ether oxygens (including phenoxy) is 2. The molecule has 86 valence electrons. The highest BCUT2D eigenvalue weighted by Crippen LogP contribution is 2.02. The van der Waals surface area contributed by atoms with Crippen LogP contribution in [0.5, 0.6) is 0 Å². The average Bonchev–Trinajstić information content (AvgIpc) is 2.22. The lowest BCUT2D eigenvalue weighted by atomic mass is 10.2. The molecule has 1 N–H and O–H groups in total. The molecule has 2 atom stereocenters. The van der Waals surface area contributed by atoms with Gasteiger partial charge in [0.1, 0.15) is 6.10 Å². The summed E-state index contributed by atoms with van der Waals surface area (Å²) in [4.78, 5) is 2.16. The van der Waals surface area contributed by atoms with Crippen molar-refractivity contribution >= 4 is 0 Å². The molecule has 0 heterocycles. The molecule has 0 rings (SSSR count). The van der Waals surface area contributed by atoms with E-state index >= 15 is 0 Å². The van der Waals surface area contributed by atoms with Crippen LogP contribution in [0.1, 0.15) is 13.8 Å². The van der Waals surface area contributed by atoms with E-state index in [-0.39, 0.29) is 6.10 Å². The van der Waals surface area contributed by atoms with Crippen LogP contribution in [0.25, 0.3) is 0 Å². The average molecular weight is 205 g/mol. The second kappa shape index (κ2) is 8.17. The molecule has 0 radical (unpaired) electrons. The van der Waals surface area contributed by atoms with Crippen molar-refractivity contribution in [1.29, 1.82) is 0 Å². The van der Waals surface area contributed by atoms with Gasteiger partial charge in [0.15, 0.2) is 0 Å². The van der Waals surface area contributed by atoms with E-state index in [4.69, 9.17) is 9.47 Å². The Morgan fingerprint density at radius 3 is 2.14 bits per heavy atom. The van der Waals surface area contributed by atoms with Gasteiger partial charge in [0.2, 0.25) is 0 Å². The summed E-state index contributed by atoms with van der Waals surface area (Å²) in [6.07, 6.45) is -0.722. The van der Waals surface area contributed by atoms with Gasteiger partial charge in [-0.15, -0.1) is 0 Å². The Bertz CT molecular complexity index is 129. The van der Waals surface area contributed by atoms with E-state index < -0.39 is 6.10 Å². The Morgan fingerprint density at radius 2 is 1.79 bits per heavy atom. The third kappa shape index (κ3) is 4.91. The molecule has 0 aromatic heterocycles. The van der Waals surface area contributed by atoms with Crippen LogP contribution in [0.2, 0.25) is 0 Å². The first kappa shape index (κ1) is 13.8. The smallest absolute Gasteiger partial charge is 0.107 e. The van der Waals surface area contributed by atoms with Gasteiger partial charge in [-0.3, -0.25) is 0 Å². The molecule has 0 aromatic carbocycles. The van der Waals surface area contributed by atoms with Gasteiger partial charge in [0, 0.05) is 20.8 Å². The molecule has 0 aromatic rings. The number of rotatable bonds is 8. The van der Waals surface area contributed by atoms with Crippen LogP contribution in [-0.4, -0.2) is 62.7 Å². The fourth-order valence-electron chi connectivity index (χ4n) is 1.36. The predicted octanol–water partition coefficient (Wildman–Crippen LogP) is 0.350. The second-order valence-electron chi connectivity index (χ2n) is 3.28. The van der Waals surface area contributed by atoms with E-state index in [1.54, 1.807) is 14.2 Å². The first-order valence-corrected chi connectivity index (χ1v) is 5.11. The van der Waals surface area contributed by atoms with Gasteiger partial charge in [-0.25, -0.2) is 0 Å². The van der Waals surface area contributed by atoms with Crippen molar-refractivity contribution in [3.63, 3.8) is 0 Å². The molecule has 0 aliphatic heterocycles. The first-order chi connectivity index (χ1) is 6.69. The van der Waals surface area contributed by atoms with E-state index in [2.05, 4.69) is 18.7 Å². The molecule has 0 aliphatic rings. The van der Waals surface area contributed by atoms with Crippen molar-refractivity contribution in [1.82, 2.24) is 4.90 Å². The van der Waals surface area contributed by atoms with E-state index in [1.165, 1.54) is 0 Å². The number of hydrogen-bond donors (Lipinski definition) is 1. The minimum absolute atomic E-state index is 0.236. The summed E-state index contributed by atoms with van der Waals surface area (Å²) in [7, 11) is 3.20. The summed E-state index contributed by atoms with van der Waals surface area (Å²) < 4.78 is 10.1. The number of hydrogen-bond acceptors (Lipinski definition) is 4. The molecular formula is C10H23NO3. The SMILES string of the molecule is CCN(CC)C[C@@H](O)[C@@H](COC)OC. The minimum atomic E-state index is -0.486. The Labute approximate surface area is 86.8 Å². The summed E-state index contributed by atoms with van der Waals surface area (Å²) >= 11 is 0. The number of nitrogens with zero attached hydrogens (tertiary/aromatic N) is 1. The molecule has 14 heavy (non-hydrogen) atoms. The monoisotopic (exact) mass is 205 g/mol. The van der Waals surface area contributed by atoms with Crippen molar-refractivity contribution < 1.29 is 14.6 Å². The van der Waals surface area contributed by atoms with E-state index in [1.807, 2.05) is 0 Å². The molecular weight excluding hydrogens is 182 g/mol. The van der Waals surface area contributed by atoms with Crippen LogP contribution >= 0.6 is 0 Å². The normalized spacial score (nSPS) is 15.9. The summed E-state index contributed by atoms with van der Waals surface area (Å²) in [5.41, 5.74) is 0. The minimum Gasteiger partial charge on any atom is -0.389 e. The molecule has 4 heteroatoms. The van der Waals surface area contributed by atoms with Gasteiger partial charge in [-0.05, 0) is 13.1 Å². The van der Waals surface area contributed by atoms with Gasteiger partial charge in [0.25, 0.3) is 0 Å².